The van der Waals surface area contributed by atoms with Gasteiger partial charge < -0.3 is 9.52 Å². The molecule has 0 saturated heterocycles. The molecule has 2 aromatic heterocycles. The van der Waals surface area contributed by atoms with E-state index in [9.17, 15) is 4.79 Å². The van der Waals surface area contributed by atoms with E-state index < -0.39 is 5.97 Å². The molecule has 66 valence electrons. The molecule has 0 saturated carbocycles. The Balaban J connectivity index is 2.77. The van der Waals surface area contributed by atoms with Crippen LogP contribution in [0.5, 0.6) is 0 Å². The molecule has 0 aromatic carbocycles. The summed E-state index contributed by atoms with van der Waals surface area (Å²) in [7, 11) is 0. The normalized spacial score (nSPS) is 10.5. The fraction of sp³-hybridized carbons (Fsp3) is 0. The van der Waals surface area contributed by atoms with E-state index in [1.807, 2.05) is 0 Å². The number of halogens is 1. The quantitative estimate of drug-likeness (QED) is 0.833. The number of furan rings is 1. The molecule has 2 aromatic rings. The molecule has 5 heteroatoms. The topological polar surface area (TPSA) is 63.3 Å². The number of pyridine rings is 1. The van der Waals surface area contributed by atoms with E-state index in [2.05, 4.69) is 20.9 Å². The second kappa shape index (κ2) is 2.85. The average Bonchev–Trinajstić information content (AvgIpc) is 2.51. The van der Waals surface area contributed by atoms with Gasteiger partial charge in [0.2, 0.25) is 0 Å². The Labute approximate surface area is 81.3 Å². The van der Waals surface area contributed by atoms with Crippen LogP contribution in [0, 0.1) is 0 Å². The summed E-state index contributed by atoms with van der Waals surface area (Å²) in [6.45, 7) is 0. The van der Waals surface area contributed by atoms with Crippen molar-refractivity contribution >= 4 is 33.0 Å². The van der Waals surface area contributed by atoms with Crippen LogP contribution in [0.25, 0.3) is 11.1 Å². The Kier molecular flexibility index (Phi) is 1.81. The summed E-state index contributed by atoms with van der Waals surface area (Å²) in [6.07, 6.45) is 1.47. The number of carbonyl (C=O) groups is 1. The van der Waals surface area contributed by atoms with Crippen molar-refractivity contribution in [3.63, 3.8) is 0 Å². The number of carboxylic acid groups (broad SMARTS) is 1. The van der Waals surface area contributed by atoms with Gasteiger partial charge in [0.1, 0.15) is 11.2 Å². The van der Waals surface area contributed by atoms with Gasteiger partial charge in [0.15, 0.2) is 5.58 Å². The number of rotatable bonds is 1. The standard InChI is InChI=1S/C8H4BrNO3/c9-4-3-6(8(11)12)10-5-1-2-13-7(4)5/h1-3H,(H,11,12). The third-order valence-corrected chi connectivity index (χ3v) is 2.17. The Morgan fingerprint density at radius 2 is 2.38 bits per heavy atom. The van der Waals surface area contributed by atoms with Crippen molar-refractivity contribution in [1.82, 2.24) is 4.98 Å². The maximum Gasteiger partial charge on any atom is 0.354 e. The fourth-order valence-corrected chi connectivity index (χ4v) is 1.54. The van der Waals surface area contributed by atoms with Crippen molar-refractivity contribution in [3.05, 3.63) is 28.6 Å². The minimum atomic E-state index is -1.05. The van der Waals surface area contributed by atoms with Gasteiger partial charge in [-0.05, 0) is 22.0 Å². The largest absolute Gasteiger partial charge is 0.477 e. The number of hydrogen-bond acceptors (Lipinski definition) is 3. The zero-order valence-corrected chi connectivity index (χ0v) is 7.91. The molecule has 0 atom stereocenters. The summed E-state index contributed by atoms with van der Waals surface area (Å²) in [5.74, 6) is -1.05. The Hall–Kier alpha value is -1.36. The van der Waals surface area contributed by atoms with Crippen LogP contribution in [-0.2, 0) is 0 Å². The zero-order chi connectivity index (χ0) is 9.42. The molecule has 0 aliphatic heterocycles. The van der Waals surface area contributed by atoms with Gasteiger partial charge >= 0.3 is 5.97 Å². The predicted molar refractivity (Wildman–Crippen MR) is 48.7 cm³/mol. The molecule has 0 bridgehead atoms. The lowest BCUT2D eigenvalue weighted by Crippen LogP contribution is -1.99. The summed E-state index contributed by atoms with van der Waals surface area (Å²) in [4.78, 5) is 14.5. The number of carboxylic acids is 1. The first kappa shape index (κ1) is 8.25. The highest BCUT2D eigenvalue weighted by atomic mass is 79.9. The van der Waals surface area contributed by atoms with E-state index in [1.54, 1.807) is 6.07 Å². The van der Waals surface area contributed by atoms with E-state index in [-0.39, 0.29) is 5.69 Å². The van der Waals surface area contributed by atoms with Crippen molar-refractivity contribution in [2.24, 2.45) is 0 Å². The van der Waals surface area contributed by atoms with E-state index in [1.165, 1.54) is 12.3 Å². The molecule has 0 aliphatic rings. The van der Waals surface area contributed by atoms with Crippen LogP contribution in [0.4, 0.5) is 0 Å². The van der Waals surface area contributed by atoms with Crippen LogP contribution in [-0.4, -0.2) is 16.1 Å². The first-order valence-corrected chi connectivity index (χ1v) is 4.25. The van der Waals surface area contributed by atoms with E-state index in [4.69, 9.17) is 9.52 Å². The number of aromatic nitrogens is 1. The van der Waals surface area contributed by atoms with Crippen LogP contribution < -0.4 is 0 Å². The van der Waals surface area contributed by atoms with Gasteiger partial charge in [0, 0.05) is 6.07 Å². The van der Waals surface area contributed by atoms with Crippen molar-refractivity contribution in [2.45, 2.75) is 0 Å². The molecule has 0 aliphatic carbocycles. The van der Waals surface area contributed by atoms with Gasteiger partial charge in [-0.25, -0.2) is 9.78 Å². The van der Waals surface area contributed by atoms with Crippen LogP contribution in [0.1, 0.15) is 10.5 Å². The first-order valence-electron chi connectivity index (χ1n) is 3.45. The van der Waals surface area contributed by atoms with E-state index in [0.717, 1.165) is 0 Å². The van der Waals surface area contributed by atoms with E-state index in [0.29, 0.717) is 15.6 Å². The maximum absolute atomic E-state index is 10.6. The molecule has 0 spiro atoms. The fourth-order valence-electron chi connectivity index (χ4n) is 1.03. The summed E-state index contributed by atoms with van der Waals surface area (Å²) < 4.78 is 5.68. The van der Waals surface area contributed by atoms with Gasteiger partial charge in [-0.3, -0.25) is 0 Å². The van der Waals surface area contributed by atoms with Crippen LogP contribution in [0.15, 0.2) is 27.3 Å². The molecule has 13 heavy (non-hydrogen) atoms. The number of fused-ring (bicyclic) bond motifs is 1. The molecular weight excluding hydrogens is 238 g/mol. The summed E-state index contributed by atoms with van der Waals surface area (Å²) >= 11 is 3.20. The summed E-state index contributed by atoms with van der Waals surface area (Å²) in [5.41, 5.74) is 1.09. The van der Waals surface area contributed by atoms with Crippen molar-refractivity contribution < 1.29 is 14.3 Å². The summed E-state index contributed by atoms with van der Waals surface area (Å²) in [6, 6.07) is 3.03. The highest BCUT2D eigenvalue weighted by molar-refractivity contribution is 9.10. The number of aromatic carboxylic acids is 1. The minimum absolute atomic E-state index is 0.000718. The molecule has 0 radical (unpaired) electrons. The second-order valence-corrected chi connectivity index (χ2v) is 3.28. The van der Waals surface area contributed by atoms with E-state index >= 15 is 0 Å². The maximum atomic E-state index is 10.6. The van der Waals surface area contributed by atoms with Gasteiger partial charge in [-0.15, -0.1) is 0 Å². The molecule has 2 heterocycles. The number of nitrogens with zero attached hydrogens (tertiary/aromatic N) is 1. The van der Waals surface area contributed by atoms with Crippen molar-refractivity contribution in [2.75, 3.05) is 0 Å². The molecule has 0 unspecified atom stereocenters. The Bertz CT molecular complexity index is 477. The first-order chi connectivity index (χ1) is 6.18. The highest BCUT2D eigenvalue weighted by Crippen LogP contribution is 2.24. The lowest BCUT2D eigenvalue weighted by atomic mass is 10.3. The summed E-state index contributed by atoms with van der Waals surface area (Å²) in [5, 5.41) is 8.69. The molecule has 2 rings (SSSR count). The van der Waals surface area contributed by atoms with Gasteiger partial charge in [0.25, 0.3) is 0 Å². The third-order valence-electron chi connectivity index (χ3n) is 1.58. The van der Waals surface area contributed by atoms with Crippen LogP contribution >= 0.6 is 15.9 Å². The Morgan fingerprint density at radius 1 is 1.62 bits per heavy atom. The van der Waals surface area contributed by atoms with Crippen LogP contribution in [0.3, 0.4) is 0 Å². The van der Waals surface area contributed by atoms with Gasteiger partial charge in [-0.2, -0.15) is 0 Å². The Morgan fingerprint density at radius 3 is 3.08 bits per heavy atom. The number of hydrogen-bond donors (Lipinski definition) is 1. The lowest BCUT2D eigenvalue weighted by Gasteiger charge is -1.95. The molecule has 4 nitrogen and oxygen atoms in total. The van der Waals surface area contributed by atoms with Crippen molar-refractivity contribution in [1.29, 1.82) is 0 Å². The molecule has 0 fully saturated rings. The molecule has 0 amide bonds. The van der Waals surface area contributed by atoms with Crippen molar-refractivity contribution in [3.8, 4) is 0 Å². The molecular formula is C8H4BrNO3. The second-order valence-electron chi connectivity index (χ2n) is 2.43. The predicted octanol–water partition coefficient (Wildman–Crippen LogP) is 2.29. The van der Waals surface area contributed by atoms with Gasteiger partial charge in [0.05, 0.1) is 10.7 Å². The van der Waals surface area contributed by atoms with Crippen LogP contribution in [0.2, 0.25) is 0 Å². The molecule has 1 N–H and O–H groups in total. The third kappa shape index (κ3) is 1.31. The highest BCUT2D eigenvalue weighted by Gasteiger charge is 2.10. The smallest absolute Gasteiger partial charge is 0.354 e. The SMILES string of the molecule is O=C(O)c1cc(Br)c2occc2n1. The monoisotopic (exact) mass is 241 g/mol. The zero-order valence-electron chi connectivity index (χ0n) is 6.32. The average molecular weight is 242 g/mol. The lowest BCUT2D eigenvalue weighted by molar-refractivity contribution is 0.0691. The minimum Gasteiger partial charge on any atom is -0.477 e. The van der Waals surface area contributed by atoms with Gasteiger partial charge in [-0.1, -0.05) is 0 Å².